The van der Waals surface area contributed by atoms with Crippen LogP contribution in [0.3, 0.4) is 0 Å². The molecule has 10 nitrogen and oxygen atoms in total. The molecule has 28 heavy (non-hydrogen) atoms. The van der Waals surface area contributed by atoms with Crippen molar-refractivity contribution in [3.05, 3.63) is 46.4 Å². The Labute approximate surface area is 159 Å². The van der Waals surface area contributed by atoms with E-state index in [2.05, 4.69) is 10.2 Å². The van der Waals surface area contributed by atoms with Gasteiger partial charge >= 0.3 is 11.7 Å². The fourth-order valence-corrected chi connectivity index (χ4v) is 3.74. The summed E-state index contributed by atoms with van der Waals surface area (Å²) in [7, 11) is 0. The molecule has 0 spiro atoms. The molecule has 3 aromatic rings. The summed E-state index contributed by atoms with van der Waals surface area (Å²) in [4.78, 5) is 38.8. The molecule has 1 aromatic carbocycles. The number of imidazole rings is 1. The number of hydrogen-bond donors (Lipinski definition) is 1. The van der Waals surface area contributed by atoms with Gasteiger partial charge in [0.2, 0.25) is 5.91 Å². The highest BCUT2D eigenvalue weighted by Crippen LogP contribution is 2.19. The number of hydrogen-bond acceptors (Lipinski definition) is 5. The van der Waals surface area contributed by atoms with E-state index < -0.39 is 17.9 Å². The number of aromatic nitrogens is 5. The highest BCUT2D eigenvalue weighted by atomic mass is 16.4. The third-order valence-corrected chi connectivity index (χ3v) is 5.20. The second-order valence-corrected chi connectivity index (χ2v) is 6.75. The van der Waals surface area contributed by atoms with Crippen LogP contribution in [-0.2, 0) is 35.8 Å². The lowest BCUT2D eigenvalue weighted by Crippen LogP contribution is -2.52. The van der Waals surface area contributed by atoms with Crippen LogP contribution in [0.15, 0.2) is 29.1 Å². The number of aryl methyl sites for hydroxylation is 2. The maximum Gasteiger partial charge on any atom is 0.329 e. The summed E-state index contributed by atoms with van der Waals surface area (Å²) in [5, 5.41) is 17.6. The molecule has 3 heterocycles. The van der Waals surface area contributed by atoms with Crippen molar-refractivity contribution >= 4 is 22.9 Å². The summed E-state index contributed by atoms with van der Waals surface area (Å²) >= 11 is 0. The summed E-state index contributed by atoms with van der Waals surface area (Å²) in [5.41, 5.74) is 1.09. The van der Waals surface area contributed by atoms with Crippen LogP contribution < -0.4 is 5.69 Å². The Kier molecular flexibility index (Phi) is 4.25. The van der Waals surface area contributed by atoms with Gasteiger partial charge in [-0.2, -0.15) is 0 Å². The topological polar surface area (TPSA) is 115 Å². The molecule has 1 aliphatic rings. The Morgan fingerprint density at radius 3 is 2.50 bits per heavy atom. The minimum atomic E-state index is -1.10. The third-order valence-electron chi connectivity index (χ3n) is 5.20. The molecule has 0 aliphatic carbocycles. The minimum Gasteiger partial charge on any atom is -0.480 e. The van der Waals surface area contributed by atoms with Crippen molar-refractivity contribution < 1.29 is 14.7 Å². The molecular formula is C18H20N6O4. The van der Waals surface area contributed by atoms with Gasteiger partial charge in [0.05, 0.1) is 24.1 Å². The maximum absolute atomic E-state index is 13.0. The van der Waals surface area contributed by atoms with E-state index in [9.17, 15) is 19.5 Å². The van der Waals surface area contributed by atoms with Crippen molar-refractivity contribution in [2.45, 2.75) is 46.1 Å². The number of carboxylic acid groups (broad SMARTS) is 1. The molecule has 0 radical (unpaired) electrons. The van der Waals surface area contributed by atoms with Crippen molar-refractivity contribution in [3.63, 3.8) is 0 Å². The number of aliphatic carboxylic acids is 1. The lowest BCUT2D eigenvalue weighted by Gasteiger charge is -2.33. The number of fused-ring (bicyclic) bond motifs is 2. The van der Waals surface area contributed by atoms with E-state index in [0.717, 1.165) is 5.52 Å². The molecule has 4 rings (SSSR count). The van der Waals surface area contributed by atoms with Gasteiger partial charge < -0.3 is 14.6 Å². The molecule has 1 unspecified atom stereocenters. The second-order valence-electron chi connectivity index (χ2n) is 6.75. The van der Waals surface area contributed by atoms with Crippen LogP contribution in [0.5, 0.6) is 0 Å². The fourth-order valence-electron chi connectivity index (χ4n) is 3.74. The SMILES string of the molecule is CCn1c(=O)n(CC(=O)N2Cc3nnc(C)n3CC2C(=O)O)c2ccccc21. The predicted octanol–water partition coefficient (Wildman–Crippen LogP) is 0.218. The second kappa shape index (κ2) is 6.63. The van der Waals surface area contributed by atoms with E-state index in [1.54, 1.807) is 28.2 Å². The van der Waals surface area contributed by atoms with Crippen molar-refractivity contribution in [2.75, 3.05) is 0 Å². The molecule has 1 aliphatic heterocycles. The van der Waals surface area contributed by atoms with Gasteiger partial charge in [-0.05, 0) is 26.0 Å². The van der Waals surface area contributed by atoms with Gasteiger partial charge in [0.1, 0.15) is 18.4 Å². The summed E-state index contributed by atoms with van der Waals surface area (Å²) in [6.45, 7) is 3.97. The number of carboxylic acids is 1. The Hall–Kier alpha value is -3.43. The largest absolute Gasteiger partial charge is 0.480 e. The highest BCUT2D eigenvalue weighted by Gasteiger charge is 2.36. The zero-order valence-corrected chi connectivity index (χ0v) is 15.6. The summed E-state index contributed by atoms with van der Waals surface area (Å²) in [6.07, 6.45) is 0. The quantitative estimate of drug-likeness (QED) is 0.688. The molecule has 0 fully saturated rings. The monoisotopic (exact) mass is 384 g/mol. The van der Waals surface area contributed by atoms with Crippen LogP contribution in [0.4, 0.5) is 0 Å². The van der Waals surface area contributed by atoms with E-state index in [0.29, 0.717) is 23.7 Å². The van der Waals surface area contributed by atoms with Crippen molar-refractivity contribution in [3.8, 4) is 0 Å². The maximum atomic E-state index is 13.0. The van der Waals surface area contributed by atoms with E-state index >= 15 is 0 Å². The molecule has 0 saturated heterocycles. The van der Waals surface area contributed by atoms with Crippen LogP contribution in [0, 0.1) is 6.92 Å². The first-order valence-electron chi connectivity index (χ1n) is 9.01. The average molecular weight is 384 g/mol. The lowest BCUT2D eigenvalue weighted by atomic mass is 10.2. The molecule has 1 N–H and O–H groups in total. The zero-order valence-electron chi connectivity index (χ0n) is 15.6. The van der Waals surface area contributed by atoms with Gasteiger partial charge in [-0.3, -0.25) is 13.9 Å². The Morgan fingerprint density at radius 1 is 1.18 bits per heavy atom. The molecule has 1 amide bonds. The van der Waals surface area contributed by atoms with Crippen molar-refractivity contribution in [1.82, 2.24) is 28.8 Å². The Morgan fingerprint density at radius 2 is 1.86 bits per heavy atom. The summed E-state index contributed by atoms with van der Waals surface area (Å²) in [6, 6.07) is 6.20. The minimum absolute atomic E-state index is 0.0395. The number of rotatable bonds is 4. The molecule has 146 valence electrons. The van der Waals surface area contributed by atoms with E-state index in [1.165, 1.54) is 9.47 Å². The van der Waals surface area contributed by atoms with Gasteiger partial charge in [-0.15, -0.1) is 10.2 Å². The normalized spacial score (nSPS) is 16.4. The number of nitrogens with zero attached hydrogens (tertiary/aromatic N) is 6. The van der Waals surface area contributed by atoms with Crippen molar-refractivity contribution in [2.24, 2.45) is 0 Å². The summed E-state index contributed by atoms with van der Waals surface area (Å²) in [5.74, 6) is -0.405. The van der Waals surface area contributed by atoms with Gasteiger partial charge in [-0.25, -0.2) is 9.59 Å². The molecule has 10 heteroatoms. The van der Waals surface area contributed by atoms with Gasteiger partial charge in [0.15, 0.2) is 5.82 Å². The first-order valence-corrected chi connectivity index (χ1v) is 9.01. The van der Waals surface area contributed by atoms with Crippen molar-refractivity contribution in [1.29, 1.82) is 0 Å². The molecule has 1 atom stereocenters. The highest BCUT2D eigenvalue weighted by molar-refractivity contribution is 5.85. The van der Waals surface area contributed by atoms with Gasteiger partial charge in [0, 0.05) is 6.54 Å². The Bertz CT molecular complexity index is 1140. The Balaban J connectivity index is 1.70. The average Bonchev–Trinajstić information content (AvgIpc) is 3.18. The zero-order chi connectivity index (χ0) is 20.0. The fraction of sp³-hybridized carbons (Fsp3) is 0.389. The smallest absolute Gasteiger partial charge is 0.329 e. The van der Waals surface area contributed by atoms with E-state index in [-0.39, 0.29) is 25.3 Å². The molecular weight excluding hydrogens is 364 g/mol. The van der Waals surface area contributed by atoms with Crippen LogP contribution in [-0.4, -0.2) is 51.8 Å². The first kappa shape index (κ1) is 18.0. The van der Waals surface area contributed by atoms with Gasteiger partial charge in [-0.1, -0.05) is 12.1 Å². The molecule has 0 bridgehead atoms. The standard InChI is InChI=1S/C18H20N6O4/c1-3-21-12-6-4-5-7-13(12)24(18(21)28)10-16(25)23-9-15-20-19-11(2)22(15)8-14(23)17(26)27/h4-7,14H,3,8-10H2,1-2H3,(H,26,27). The molecule has 2 aromatic heterocycles. The number of para-hydroxylation sites is 2. The number of amides is 1. The first-order chi connectivity index (χ1) is 13.4. The number of carbonyl (C=O) groups excluding carboxylic acids is 1. The van der Waals surface area contributed by atoms with E-state index in [1.807, 2.05) is 19.1 Å². The van der Waals surface area contributed by atoms with E-state index in [4.69, 9.17) is 0 Å². The third kappa shape index (κ3) is 2.68. The predicted molar refractivity (Wildman–Crippen MR) is 98.6 cm³/mol. The number of carbonyl (C=O) groups is 2. The summed E-state index contributed by atoms with van der Waals surface area (Å²) < 4.78 is 4.69. The lowest BCUT2D eigenvalue weighted by molar-refractivity contribution is -0.153. The van der Waals surface area contributed by atoms with Crippen LogP contribution in [0.1, 0.15) is 18.6 Å². The number of benzene rings is 1. The molecule has 0 saturated carbocycles. The van der Waals surface area contributed by atoms with Crippen LogP contribution in [0.25, 0.3) is 11.0 Å². The van der Waals surface area contributed by atoms with Crippen LogP contribution >= 0.6 is 0 Å². The van der Waals surface area contributed by atoms with Gasteiger partial charge in [0.25, 0.3) is 0 Å². The van der Waals surface area contributed by atoms with Crippen LogP contribution in [0.2, 0.25) is 0 Å².